The van der Waals surface area contributed by atoms with Crippen LogP contribution >= 0.6 is 0 Å². The molecule has 5 heteroatoms. The summed E-state index contributed by atoms with van der Waals surface area (Å²) in [5.41, 5.74) is 1.79. The Bertz CT molecular complexity index is 573. The molecule has 0 aliphatic carbocycles. The number of rotatable bonds is 7. The van der Waals surface area contributed by atoms with E-state index in [2.05, 4.69) is 15.6 Å². The molecule has 21 heavy (non-hydrogen) atoms. The van der Waals surface area contributed by atoms with Crippen LogP contribution in [0.5, 0.6) is 5.75 Å². The molecule has 1 heterocycles. The fourth-order valence-electron chi connectivity index (χ4n) is 1.83. The number of hydrogen-bond acceptors (Lipinski definition) is 4. The van der Waals surface area contributed by atoms with Gasteiger partial charge < -0.3 is 15.4 Å². The molecule has 0 saturated carbocycles. The molecule has 0 saturated heterocycles. The summed E-state index contributed by atoms with van der Waals surface area (Å²) in [6.45, 7) is 1.03. The van der Waals surface area contributed by atoms with Crippen molar-refractivity contribution >= 4 is 11.6 Å². The molecule has 1 aromatic heterocycles. The molecule has 0 radical (unpaired) electrons. The lowest BCUT2D eigenvalue weighted by molar-refractivity contribution is -0.121. The average Bonchev–Trinajstić information content (AvgIpc) is 2.54. The predicted octanol–water partition coefficient (Wildman–Crippen LogP) is 2.21. The van der Waals surface area contributed by atoms with Crippen LogP contribution < -0.4 is 15.4 Å². The highest BCUT2D eigenvalue weighted by Gasteiger charge is 2.02. The second-order valence-corrected chi connectivity index (χ2v) is 4.51. The average molecular weight is 285 g/mol. The van der Waals surface area contributed by atoms with Crippen molar-refractivity contribution in [3.8, 4) is 5.75 Å². The lowest BCUT2D eigenvalue weighted by atomic mass is 10.3. The van der Waals surface area contributed by atoms with Gasteiger partial charge in [-0.3, -0.25) is 9.78 Å². The topological polar surface area (TPSA) is 63.2 Å². The van der Waals surface area contributed by atoms with Gasteiger partial charge in [0.25, 0.3) is 0 Å². The number of ether oxygens (including phenoxy) is 1. The standard InChI is InChI=1S/C16H19N3O2/c1-21-15-7-4-6-13(11-15)18-10-8-16(20)19-12-14-5-2-3-9-17-14/h2-7,9,11,18H,8,10,12H2,1H3,(H,19,20). The Balaban J connectivity index is 1.69. The third-order valence-electron chi connectivity index (χ3n) is 2.94. The number of anilines is 1. The van der Waals surface area contributed by atoms with Crippen molar-refractivity contribution in [1.82, 2.24) is 10.3 Å². The van der Waals surface area contributed by atoms with Crippen LogP contribution in [0.15, 0.2) is 48.7 Å². The quantitative estimate of drug-likeness (QED) is 0.818. The molecule has 0 spiro atoms. The number of nitrogens with one attached hydrogen (secondary N) is 2. The number of carbonyl (C=O) groups is 1. The lowest BCUT2D eigenvalue weighted by Crippen LogP contribution is -2.25. The van der Waals surface area contributed by atoms with Crippen molar-refractivity contribution in [2.24, 2.45) is 0 Å². The minimum absolute atomic E-state index is 0.00366. The lowest BCUT2D eigenvalue weighted by Gasteiger charge is -2.08. The highest BCUT2D eigenvalue weighted by Crippen LogP contribution is 2.16. The molecule has 2 rings (SSSR count). The second kappa shape index (κ2) is 7.89. The van der Waals surface area contributed by atoms with Gasteiger partial charge in [0.15, 0.2) is 0 Å². The third kappa shape index (κ3) is 5.14. The first-order valence-corrected chi connectivity index (χ1v) is 6.82. The Morgan fingerprint density at radius 2 is 2.14 bits per heavy atom. The number of benzene rings is 1. The number of methoxy groups -OCH3 is 1. The molecule has 2 N–H and O–H groups in total. The van der Waals surface area contributed by atoms with Crippen molar-refractivity contribution < 1.29 is 9.53 Å². The van der Waals surface area contributed by atoms with Gasteiger partial charge in [-0.25, -0.2) is 0 Å². The molecule has 0 fully saturated rings. The van der Waals surface area contributed by atoms with Crippen LogP contribution in [0, 0.1) is 0 Å². The summed E-state index contributed by atoms with van der Waals surface area (Å²) in [5.74, 6) is 0.788. The first kappa shape index (κ1) is 14.8. The summed E-state index contributed by atoms with van der Waals surface area (Å²) < 4.78 is 5.14. The van der Waals surface area contributed by atoms with E-state index in [0.717, 1.165) is 17.1 Å². The van der Waals surface area contributed by atoms with Gasteiger partial charge in [-0.05, 0) is 24.3 Å². The number of hydrogen-bond donors (Lipinski definition) is 2. The van der Waals surface area contributed by atoms with Crippen molar-refractivity contribution in [3.63, 3.8) is 0 Å². The van der Waals surface area contributed by atoms with Crippen molar-refractivity contribution in [2.45, 2.75) is 13.0 Å². The second-order valence-electron chi connectivity index (χ2n) is 4.51. The van der Waals surface area contributed by atoms with E-state index in [1.807, 2.05) is 42.5 Å². The van der Waals surface area contributed by atoms with Gasteiger partial charge in [0.1, 0.15) is 5.75 Å². The van der Waals surface area contributed by atoms with E-state index in [-0.39, 0.29) is 5.91 Å². The molecule has 0 bridgehead atoms. The van der Waals surface area contributed by atoms with E-state index in [1.165, 1.54) is 0 Å². The SMILES string of the molecule is COc1cccc(NCCC(=O)NCc2ccccn2)c1. The normalized spacial score (nSPS) is 9.95. The summed E-state index contributed by atoms with van der Waals surface area (Å²) in [5, 5.41) is 6.03. The van der Waals surface area contributed by atoms with Crippen LogP contribution in [0.1, 0.15) is 12.1 Å². The fourth-order valence-corrected chi connectivity index (χ4v) is 1.83. The molecule has 1 aromatic carbocycles. The Morgan fingerprint density at radius 1 is 1.24 bits per heavy atom. The summed E-state index contributed by atoms with van der Waals surface area (Å²) in [6.07, 6.45) is 2.12. The van der Waals surface area contributed by atoms with Gasteiger partial charge in [0.05, 0.1) is 19.3 Å². The minimum Gasteiger partial charge on any atom is -0.497 e. The number of pyridine rings is 1. The van der Waals surface area contributed by atoms with E-state index in [1.54, 1.807) is 13.3 Å². The maximum Gasteiger partial charge on any atom is 0.222 e. The van der Waals surface area contributed by atoms with E-state index in [4.69, 9.17) is 4.74 Å². The molecule has 0 unspecified atom stereocenters. The van der Waals surface area contributed by atoms with E-state index >= 15 is 0 Å². The van der Waals surface area contributed by atoms with Gasteiger partial charge >= 0.3 is 0 Å². The molecule has 1 amide bonds. The number of nitrogens with zero attached hydrogens (tertiary/aromatic N) is 1. The van der Waals surface area contributed by atoms with Crippen molar-refractivity contribution in [3.05, 3.63) is 54.4 Å². The first-order chi connectivity index (χ1) is 10.3. The summed E-state index contributed by atoms with van der Waals surface area (Å²) in [7, 11) is 1.63. The largest absolute Gasteiger partial charge is 0.497 e. The van der Waals surface area contributed by atoms with Gasteiger partial charge in [0.2, 0.25) is 5.91 Å². The maximum atomic E-state index is 11.7. The van der Waals surface area contributed by atoms with Gasteiger partial charge in [-0.15, -0.1) is 0 Å². The predicted molar refractivity (Wildman–Crippen MR) is 82.2 cm³/mol. The van der Waals surface area contributed by atoms with Crippen molar-refractivity contribution in [1.29, 1.82) is 0 Å². The Morgan fingerprint density at radius 3 is 2.90 bits per heavy atom. The number of carbonyl (C=O) groups excluding carboxylic acids is 1. The molecular weight excluding hydrogens is 266 g/mol. The molecule has 5 nitrogen and oxygen atoms in total. The van der Waals surface area contributed by atoms with Crippen LogP contribution in [-0.4, -0.2) is 24.5 Å². The van der Waals surface area contributed by atoms with Crippen LogP contribution in [0.4, 0.5) is 5.69 Å². The van der Waals surface area contributed by atoms with E-state index in [0.29, 0.717) is 19.5 Å². The Kier molecular flexibility index (Phi) is 5.58. The zero-order valence-electron chi connectivity index (χ0n) is 12.0. The maximum absolute atomic E-state index is 11.7. The monoisotopic (exact) mass is 285 g/mol. The molecule has 0 aliphatic heterocycles. The van der Waals surface area contributed by atoms with Gasteiger partial charge in [-0.1, -0.05) is 12.1 Å². The van der Waals surface area contributed by atoms with E-state index < -0.39 is 0 Å². The first-order valence-electron chi connectivity index (χ1n) is 6.82. The number of amides is 1. The number of aromatic nitrogens is 1. The molecule has 0 atom stereocenters. The third-order valence-corrected chi connectivity index (χ3v) is 2.94. The highest BCUT2D eigenvalue weighted by molar-refractivity contribution is 5.76. The van der Waals surface area contributed by atoms with Crippen LogP contribution in [0.25, 0.3) is 0 Å². The smallest absolute Gasteiger partial charge is 0.222 e. The highest BCUT2D eigenvalue weighted by atomic mass is 16.5. The van der Waals surface area contributed by atoms with Crippen molar-refractivity contribution in [2.75, 3.05) is 19.0 Å². The Labute approximate surface area is 124 Å². The van der Waals surface area contributed by atoms with Gasteiger partial charge in [0, 0.05) is 30.9 Å². The summed E-state index contributed by atoms with van der Waals surface area (Å²) in [6, 6.07) is 13.3. The van der Waals surface area contributed by atoms with E-state index in [9.17, 15) is 4.79 Å². The minimum atomic E-state index is -0.00366. The summed E-state index contributed by atoms with van der Waals surface area (Å²) >= 11 is 0. The molecule has 2 aromatic rings. The van der Waals surface area contributed by atoms with Crippen LogP contribution in [0.3, 0.4) is 0 Å². The molecule has 0 aliphatic rings. The fraction of sp³-hybridized carbons (Fsp3) is 0.250. The van der Waals surface area contributed by atoms with Crippen LogP contribution in [-0.2, 0) is 11.3 Å². The molecule has 110 valence electrons. The zero-order valence-corrected chi connectivity index (χ0v) is 12.0. The van der Waals surface area contributed by atoms with Gasteiger partial charge in [-0.2, -0.15) is 0 Å². The molecular formula is C16H19N3O2. The zero-order chi connectivity index (χ0) is 14.9. The van der Waals surface area contributed by atoms with Crippen LogP contribution in [0.2, 0.25) is 0 Å². The summed E-state index contributed by atoms with van der Waals surface area (Å²) in [4.78, 5) is 15.9. The Hall–Kier alpha value is -2.56.